The summed E-state index contributed by atoms with van der Waals surface area (Å²) in [4.78, 5) is 0. The Morgan fingerprint density at radius 1 is 1.24 bits per heavy atom. The van der Waals surface area contributed by atoms with Gasteiger partial charge in [0, 0.05) is 6.04 Å². The molecule has 3 nitrogen and oxygen atoms in total. The van der Waals surface area contributed by atoms with Gasteiger partial charge in [-0.1, -0.05) is 19.9 Å². The SMILES string of the molecule is COc1cccc(NC(C)CCC(C)C)c1N. The Morgan fingerprint density at radius 2 is 1.94 bits per heavy atom. The molecule has 1 rings (SSSR count). The van der Waals surface area contributed by atoms with Crippen molar-refractivity contribution in [2.24, 2.45) is 5.92 Å². The molecule has 1 atom stereocenters. The highest BCUT2D eigenvalue weighted by molar-refractivity contribution is 5.73. The maximum absolute atomic E-state index is 6.01. The van der Waals surface area contributed by atoms with Crippen LogP contribution in [0, 0.1) is 5.92 Å². The molecule has 0 radical (unpaired) electrons. The van der Waals surface area contributed by atoms with E-state index in [2.05, 4.69) is 26.1 Å². The molecule has 0 saturated heterocycles. The van der Waals surface area contributed by atoms with Gasteiger partial charge in [0.1, 0.15) is 5.75 Å². The van der Waals surface area contributed by atoms with E-state index in [1.807, 2.05) is 18.2 Å². The lowest BCUT2D eigenvalue weighted by Gasteiger charge is -2.18. The number of ether oxygens (including phenoxy) is 1. The summed E-state index contributed by atoms with van der Waals surface area (Å²) in [7, 11) is 1.64. The minimum atomic E-state index is 0.423. The fraction of sp³-hybridized carbons (Fsp3) is 0.571. The number of methoxy groups -OCH3 is 1. The lowest BCUT2D eigenvalue weighted by atomic mass is 10.0. The van der Waals surface area contributed by atoms with Crippen molar-refractivity contribution in [2.75, 3.05) is 18.2 Å². The van der Waals surface area contributed by atoms with Gasteiger partial charge in [0.2, 0.25) is 0 Å². The van der Waals surface area contributed by atoms with Crippen LogP contribution in [-0.4, -0.2) is 13.2 Å². The van der Waals surface area contributed by atoms with E-state index in [1.165, 1.54) is 6.42 Å². The highest BCUT2D eigenvalue weighted by atomic mass is 16.5. The average Bonchev–Trinajstić information content (AvgIpc) is 2.29. The Morgan fingerprint density at radius 3 is 2.53 bits per heavy atom. The zero-order valence-electron chi connectivity index (χ0n) is 11.3. The van der Waals surface area contributed by atoms with E-state index in [1.54, 1.807) is 7.11 Å². The molecule has 0 aliphatic carbocycles. The third-order valence-electron chi connectivity index (χ3n) is 2.86. The van der Waals surface area contributed by atoms with E-state index in [0.717, 1.165) is 23.8 Å². The molecule has 0 amide bonds. The minimum Gasteiger partial charge on any atom is -0.495 e. The van der Waals surface area contributed by atoms with Crippen molar-refractivity contribution in [3.63, 3.8) is 0 Å². The van der Waals surface area contributed by atoms with Crippen LogP contribution in [-0.2, 0) is 0 Å². The van der Waals surface area contributed by atoms with Crippen LogP contribution in [0.25, 0.3) is 0 Å². The van der Waals surface area contributed by atoms with Crippen LogP contribution in [0.2, 0.25) is 0 Å². The molecule has 0 aliphatic rings. The summed E-state index contributed by atoms with van der Waals surface area (Å²) in [6.45, 7) is 6.67. The van der Waals surface area contributed by atoms with Crippen LogP contribution in [0.4, 0.5) is 11.4 Å². The van der Waals surface area contributed by atoms with Crippen molar-refractivity contribution in [3.8, 4) is 5.75 Å². The first-order valence-corrected chi connectivity index (χ1v) is 6.23. The van der Waals surface area contributed by atoms with Gasteiger partial charge in [0.15, 0.2) is 0 Å². The number of nitrogens with one attached hydrogen (secondary N) is 1. The van der Waals surface area contributed by atoms with Gasteiger partial charge in [-0.2, -0.15) is 0 Å². The molecule has 1 aromatic carbocycles. The third-order valence-corrected chi connectivity index (χ3v) is 2.86. The molecule has 96 valence electrons. The second kappa shape index (κ2) is 6.38. The van der Waals surface area contributed by atoms with Crippen LogP contribution in [0.5, 0.6) is 5.75 Å². The fourth-order valence-electron chi connectivity index (χ4n) is 1.77. The average molecular weight is 236 g/mol. The number of hydrogen-bond donors (Lipinski definition) is 2. The van der Waals surface area contributed by atoms with Gasteiger partial charge in [-0.15, -0.1) is 0 Å². The van der Waals surface area contributed by atoms with E-state index < -0.39 is 0 Å². The van der Waals surface area contributed by atoms with Gasteiger partial charge >= 0.3 is 0 Å². The Labute approximate surface area is 104 Å². The largest absolute Gasteiger partial charge is 0.495 e. The first kappa shape index (κ1) is 13.7. The van der Waals surface area contributed by atoms with Crippen LogP contribution < -0.4 is 15.8 Å². The fourth-order valence-corrected chi connectivity index (χ4v) is 1.77. The standard InChI is InChI=1S/C14H24N2O/c1-10(2)8-9-11(3)16-12-6-5-7-13(17-4)14(12)15/h5-7,10-11,16H,8-9,15H2,1-4H3. The van der Waals surface area contributed by atoms with E-state index >= 15 is 0 Å². The van der Waals surface area contributed by atoms with Gasteiger partial charge in [-0.25, -0.2) is 0 Å². The second-order valence-electron chi connectivity index (χ2n) is 4.94. The van der Waals surface area contributed by atoms with Crippen LogP contribution in [0.1, 0.15) is 33.6 Å². The lowest BCUT2D eigenvalue weighted by Crippen LogP contribution is -2.17. The predicted molar refractivity (Wildman–Crippen MR) is 74.6 cm³/mol. The molecule has 0 spiro atoms. The van der Waals surface area contributed by atoms with Crippen LogP contribution in [0.15, 0.2) is 18.2 Å². The summed E-state index contributed by atoms with van der Waals surface area (Å²) >= 11 is 0. The van der Waals surface area contributed by atoms with Gasteiger partial charge in [0.05, 0.1) is 18.5 Å². The smallest absolute Gasteiger partial charge is 0.143 e. The van der Waals surface area contributed by atoms with Crippen molar-refractivity contribution in [1.82, 2.24) is 0 Å². The number of rotatable bonds is 6. The monoisotopic (exact) mass is 236 g/mol. The molecule has 0 aromatic heterocycles. The second-order valence-corrected chi connectivity index (χ2v) is 4.94. The van der Waals surface area contributed by atoms with Crippen LogP contribution >= 0.6 is 0 Å². The summed E-state index contributed by atoms with van der Waals surface area (Å²) in [6.07, 6.45) is 2.37. The normalized spacial score (nSPS) is 12.5. The number of anilines is 2. The molecule has 0 saturated carbocycles. The van der Waals surface area contributed by atoms with E-state index in [4.69, 9.17) is 10.5 Å². The summed E-state index contributed by atoms with van der Waals surface area (Å²) < 4.78 is 5.20. The summed E-state index contributed by atoms with van der Waals surface area (Å²) in [5, 5.41) is 3.44. The molecule has 17 heavy (non-hydrogen) atoms. The zero-order chi connectivity index (χ0) is 12.8. The molecule has 3 heteroatoms. The predicted octanol–water partition coefficient (Wildman–Crippen LogP) is 3.51. The summed E-state index contributed by atoms with van der Waals surface area (Å²) in [5.74, 6) is 1.47. The molecular formula is C14H24N2O. The first-order valence-electron chi connectivity index (χ1n) is 6.23. The maximum Gasteiger partial charge on any atom is 0.143 e. The molecule has 3 N–H and O–H groups in total. The summed E-state index contributed by atoms with van der Waals surface area (Å²) in [6, 6.07) is 6.24. The molecule has 0 heterocycles. The van der Waals surface area contributed by atoms with Gasteiger partial charge in [-0.3, -0.25) is 0 Å². The quantitative estimate of drug-likeness (QED) is 0.743. The highest BCUT2D eigenvalue weighted by Gasteiger charge is 2.08. The Kier molecular flexibility index (Phi) is 5.13. The van der Waals surface area contributed by atoms with Gasteiger partial charge < -0.3 is 15.8 Å². The van der Waals surface area contributed by atoms with Gasteiger partial charge in [-0.05, 0) is 37.8 Å². The van der Waals surface area contributed by atoms with Crippen LogP contribution in [0.3, 0.4) is 0 Å². The van der Waals surface area contributed by atoms with Crippen molar-refractivity contribution >= 4 is 11.4 Å². The topological polar surface area (TPSA) is 47.3 Å². The molecule has 0 aliphatic heterocycles. The molecular weight excluding hydrogens is 212 g/mol. The Balaban J connectivity index is 2.62. The highest BCUT2D eigenvalue weighted by Crippen LogP contribution is 2.29. The molecule has 1 aromatic rings. The Bertz CT molecular complexity index is 350. The number of nitrogen functional groups attached to an aromatic ring is 1. The van der Waals surface area contributed by atoms with Crippen molar-refractivity contribution < 1.29 is 4.74 Å². The first-order chi connectivity index (χ1) is 8.04. The summed E-state index contributed by atoms with van der Waals surface area (Å²) in [5.41, 5.74) is 7.66. The van der Waals surface area contributed by atoms with Gasteiger partial charge in [0.25, 0.3) is 0 Å². The lowest BCUT2D eigenvalue weighted by molar-refractivity contribution is 0.417. The van der Waals surface area contributed by atoms with E-state index in [9.17, 15) is 0 Å². The molecule has 1 unspecified atom stereocenters. The number of benzene rings is 1. The maximum atomic E-state index is 6.01. The number of nitrogens with two attached hydrogens (primary N) is 1. The minimum absolute atomic E-state index is 0.423. The van der Waals surface area contributed by atoms with E-state index in [0.29, 0.717) is 11.7 Å². The molecule has 0 fully saturated rings. The van der Waals surface area contributed by atoms with Crippen molar-refractivity contribution in [3.05, 3.63) is 18.2 Å². The van der Waals surface area contributed by atoms with Crippen molar-refractivity contribution in [1.29, 1.82) is 0 Å². The van der Waals surface area contributed by atoms with E-state index in [-0.39, 0.29) is 0 Å². The zero-order valence-corrected chi connectivity index (χ0v) is 11.3. The van der Waals surface area contributed by atoms with Crippen molar-refractivity contribution in [2.45, 2.75) is 39.7 Å². The number of hydrogen-bond acceptors (Lipinski definition) is 3. The number of para-hydroxylation sites is 1. The molecule has 0 bridgehead atoms. The Hall–Kier alpha value is -1.38. The third kappa shape index (κ3) is 4.17.